The minimum absolute atomic E-state index is 0.0750. The highest BCUT2D eigenvalue weighted by Crippen LogP contribution is 2.30. The number of aromatic nitrogens is 1. The van der Waals surface area contributed by atoms with Crippen molar-refractivity contribution in [1.82, 2.24) is 4.40 Å². The number of rotatable bonds is 2. The maximum Gasteiger partial charge on any atom is 0.340 e. The predicted molar refractivity (Wildman–Crippen MR) is 89.1 cm³/mol. The van der Waals surface area contributed by atoms with Crippen LogP contribution in [0.4, 0.5) is 0 Å². The Bertz CT molecular complexity index is 1080. The Labute approximate surface area is 131 Å². The van der Waals surface area contributed by atoms with E-state index in [9.17, 15) is 9.59 Å². The lowest BCUT2D eigenvalue weighted by Crippen LogP contribution is -2.07. The van der Waals surface area contributed by atoms with E-state index in [1.165, 1.54) is 7.11 Å². The molecule has 0 bridgehead atoms. The highest BCUT2D eigenvalue weighted by atomic mass is 16.5. The first-order chi connectivity index (χ1) is 11.2. The molecular weight excluding hydrogens is 290 g/mol. The minimum atomic E-state index is -0.410. The Morgan fingerprint density at radius 3 is 2.39 bits per heavy atom. The average molecular weight is 303 g/mol. The molecule has 4 heteroatoms. The van der Waals surface area contributed by atoms with Crippen molar-refractivity contribution in [1.29, 1.82) is 0 Å². The number of carbonyl (C=O) groups is 1. The molecule has 0 radical (unpaired) electrons. The third kappa shape index (κ3) is 1.92. The van der Waals surface area contributed by atoms with E-state index in [4.69, 9.17) is 4.74 Å². The lowest BCUT2D eigenvalue weighted by Gasteiger charge is -2.08. The van der Waals surface area contributed by atoms with Gasteiger partial charge in [-0.05, 0) is 29.8 Å². The summed E-state index contributed by atoms with van der Waals surface area (Å²) in [6, 6.07) is 18.4. The highest BCUT2D eigenvalue weighted by Gasteiger charge is 2.19. The van der Waals surface area contributed by atoms with Gasteiger partial charge in [0.2, 0.25) is 5.43 Å². The van der Waals surface area contributed by atoms with Gasteiger partial charge in [-0.2, -0.15) is 0 Å². The normalized spacial score (nSPS) is 11.2. The molecule has 0 N–H and O–H groups in total. The molecule has 3 aromatic heterocycles. The van der Waals surface area contributed by atoms with E-state index in [0.717, 1.165) is 16.6 Å². The van der Waals surface area contributed by atoms with Gasteiger partial charge in [-0.25, -0.2) is 4.79 Å². The molecule has 0 fully saturated rings. The van der Waals surface area contributed by atoms with Crippen molar-refractivity contribution in [3.8, 4) is 11.1 Å². The minimum Gasteiger partial charge on any atom is -0.465 e. The van der Waals surface area contributed by atoms with E-state index in [0.29, 0.717) is 16.6 Å². The van der Waals surface area contributed by atoms with Crippen molar-refractivity contribution < 1.29 is 9.53 Å². The molecule has 0 saturated carbocycles. The lowest BCUT2D eigenvalue weighted by atomic mass is 10.0. The zero-order chi connectivity index (χ0) is 16.0. The molecule has 23 heavy (non-hydrogen) atoms. The summed E-state index contributed by atoms with van der Waals surface area (Å²) in [6.45, 7) is 0. The maximum absolute atomic E-state index is 12.5. The van der Waals surface area contributed by atoms with Crippen LogP contribution in [0.25, 0.3) is 27.7 Å². The van der Waals surface area contributed by atoms with Crippen LogP contribution in [-0.4, -0.2) is 17.5 Å². The molecule has 3 heterocycles. The topological polar surface area (TPSA) is 47.8 Å². The summed E-state index contributed by atoms with van der Waals surface area (Å²) < 4.78 is 6.70. The van der Waals surface area contributed by atoms with Crippen molar-refractivity contribution >= 4 is 22.5 Å². The molecule has 0 unspecified atom stereocenters. The molecule has 0 atom stereocenters. The van der Waals surface area contributed by atoms with Gasteiger partial charge in [0.25, 0.3) is 0 Å². The Kier molecular flexibility index (Phi) is 2.91. The molecule has 1 aromatic carbocycles. The van der Waals surface area contributed by atoms with Crippen LogP contribution in [-0.2, 0) is 4.74 Å². The zero-order valence-corrected chi connectivity index (χ0v) is 12.4. The van der Waals surface area contributed by atoms with Crippen molar-refractivity contribution in [2.45, 2.75) is 0 Å². The molecular formula is C19H13NO3. The van der Waals surface area contributed by atoms with E-state index in [1.54, 1.807) is 24.3 Å². The molecule has 4 rings (SSSR count). The molecule has 4 nitrogen and oxygen atoms in total. The number of ether oxygens (including phenoxy) is 1. The smallest absolute Gasteiger partial charge is 0.340 e. The quantitative estimate of drug-likeness (QED) is 0.534. The van der Waals surface area contributed by atoms with Gasteiger partial charge in [0.05, 0.1) is 29.2 Å². The van der Waals surface area contributed by atoms with Crippen LogP contribution in [0.3, 0.4) is 0 Å². The number of nitrogens with zero attached hydrogens (tertiary/aromatic N) is 1. The van der Waals surface area contributed by atoms with E-state index in [-0.39, 0.29) is 5.43 Å². The highest BCUT2D eigenvalue weighted by molar-refractivity contribution is 6.03. The van der Waals surface area contributed by atoms with Gasteiger partial charge in [0.1, 0.15) is 0 Å². The van der Waals surface area contributed by atoms with Gasteiger partial charge in [-0.3, -0.25) is 4.79 Å². The molecule has 4 aromatic rings. The predicted octanol–water partition coefficient (Wildman–Crippen LogP) is 3.34. The van der Waals surface area contributed by atoms with Gasteiger partial charge in [0, 0.05) is 5.56 Å². The largest absolute Gasteiger partial charge is 0.465 e. The van der Waals surface area contributed by atoms with Gasteiger partial charge in [-0.15, -0.1) is 0 Å². The fourth-order valence-corrected chi connectivity index (χ4v) is 3.05. The summed E-state index contributed by atoms with van der Waals surface area (Å²) >= 11 is 0. The Morgan fingerprint density at radius 2 is 1.65 bits per heavy atom. The third-order valence-electron chi connectivity index (χ3n) is 4.08. The van der Waals surface area contributed by atoms with E-state index < -0.39 is 5.97 Å². The van der Waals surface area contributed by atoms with Crippen molar-refractivity contribution in [3.63, 3.8) is 0 Å². The fraction of sp³-hybridized carbons (Fsp3) is 0.0526. The molecule has 0 aliphatic heterocycles. The van der Waals surface area contributed by atoms with Crippen molar-refractivity contribution in [2.24, 2.45) is 0 Å². The second-order valence-corrected chi connectivity index (χ2v) is 5.35. The van der Waals surface area contributed by atoms with E-state index in [1.807, 2.05) is 40.8 Å². The van der Waals surface area contributed by atoms with Gasteiger partial charge < -0.3 is 9.14 Å². The Morgan fingerprint density at radius 1 is 0.913 bits per heavy atom. The zero-order valence-electron chi connectivity index (χ0n) is 12.4. The number of esters is 1. The first kappa shape index (κ1) is 13.5. The van der Waals surface area contributed by atoms with Gasteiger partial charge in [-0.1, -0.05) is 36.4 Å². The lowest BCUT2D eigenvalue weighted by molar-refractivity contribution is 0.0603. The summed E-state index contributed by atoms with van der Waals surface area (Å²) in [6.07, 6.45) is 0. The molecule has 0 aliphatic rings. The number of hydrogen-bond donors (Lipinski definition) is 0. The van der Waals surface area contributed by atoms with Gasteiger partial charge in [0.15, 0.2) is 0 Å². The summed E-state index contributed by atoms with van der Waals surface area (Å²) in [5, 5.41) is 0. The molecule has 0 aliphatic carbocycles. The third-order valence-corrected chi connectivity index (χ3v) is 4.08. The van der Waals surface area contributed by atoms with Gasteiger partial charge >= 0.3 is 5.97 Å². The average Bonchev–Trinajstić information content (AvgIpc) is 2.99. The van der Waals surface area contributed by atoms with Crippen LogP contribution >= 0.6 is 0 Å². The van der Waals surface area contributed by atoms with Crippen LogP contribution < -0.4 is 5.43 Å². The van der Waals surface area contributed by atoms with Crippen LogP contribution in [0, 0.1) is 0 Å². The van der Waals surface area contributed by atoms with E-state index in [2.05, 4.69) is 0 Å². The van der Waals surface area contributed by atoms with Crippen molar-refractivity contribution in [3.05, 3.63) is 76.5 Å². The first-order valence-corrected chi connectivity index (χ1v) is 7.25. The standard InChI is InChI=1S/C19H13NO3/c1-23-19(22)14-10-17-13(12-6-3-2-4-7-12)11-18(21)16-9-5-8-15(14)20(16)17/h2-11H,1H3. The van der Waals surface area contributed by atoms with E-state index >= 15 is 0 Å². The Hall–Kier alpha value is -3.14. The van der Waals surface area contributed by atoms with Crippen LogP contribution in [0.5, 0.6) is 0 Å². The Balaban J connectivity index is 2.19. The van der Waals surface area contributed by atoms with Crippen LogP contribution in [0.1, 0.15) is 10.4 Å². The number of methoxy groups -OCH3 is 1. The summed E-state index contributed by atoms with van der Waals surface area (Å²) in [7, 11) is 1.36. The monoisotopic (exact) mass is 303 g/mol. The fourth-order valence-electron chi connectivity index (χ4n) is 3.05. The van der Waals surface area contributed by atoms with Crippen LogP contribution in [0.15, 0.2) is 65.5 Å². The first-order valence-electron chi connectivity index (χ1n) is 7.25. The second kappa shape index (κ2) is 4.95. The number of hydrogen-bond acceptors (Lipinski definition) is 3. The number of carbonyl (C=O) groups excluding carboxylic acids is 1. The summed E-state index contributed by atoms with van der Waals surface area (Å²) in [5.74, 6) is -0.410. The number of pyridine rings is 2. The SMILES string of the molecule is COC(=O)c1cc2c(-c3ccccc3)cc(=O)c3cccc1n23. The molecule has 112 valence electrons. The molecule has 0 saturated heterocycles. The summed E-state index contributed by atoms with van der Waals surface area (Å²) in [4.78, 5) is 24.6. The summed E-state index contributed by atoms with van der Waals surface area (Å²) in [5.41, 5.74) is 4.17. The molecule has 0 amide bonds. The molecule has 0 spiro atoms. The number of benzene rings is 1. The maximum atomic E-state index is 12.5. The second-order valence-electron chi connectivity index (χ2n) is 5.35. The van der Waals surface area contributed by atoms with Crippen LogP contribution in [0.2, 0.25) is 0 Å². The van der Waals surface area contributed by atoms with Crippen molar-refractivity contribution in [2.75, 3.05) is 7.11 Å².